The largest absolute Gasteiger partial charge is 0.393 e. The summed E-state index contributed by atoms with van der Waals surface area (Å²) in [4.78, 5) is 12.9. The standard InChI is InChI=1S/C40H56O3/c1-29(17-13-19-31(3)21-23-36-33(5)25-34(41)26-38(36,6)7)15-11-12-16-30(2)18-14-20-32(4)22-24-37(43)40(10)28-35(42)27-39(40,8)9/h11-24,34-35,41-42H,25-28H2,1-10H3/b12-11+,17-13+,18-14+,23-21+,24-22+,29-15+,30-16+,31-19+,32-20+/t34?,35-,40-/m0/s1. The number of allylic oxidation sites excluding steroid dienone is 19. The lowest BCUT2D eigenvalue weighted by atomic mass is 9.66. The van der Waals surface area contributed by atoms with Gasteiger partial charge in [-0.15, -0.1) is 0 Å². The molecule has 1 saturated carbocycles. The molecule has 1 fully saturated rings. The van der Waals surface area contributed by atoms with E-state index in [0.717, 1.165) is 29.6 Å². The second kappa shape index (κ2) is 15.6. The van der Waals surface area contributed by atoms with Gasteiger partial charge in [0, 0.05) is 5.41 Å². The predicted molar refractivity (Wildman–Crippen MR) is 185 cm³/mol. The van der Waals surface area contributed by atoms with Crippen LogP contribution in [0.4, 0.5) is 0 Å². The quantitative estimate of drug-likeness (QED) is 0.188. The number of ketones is 1. The van der Waals surface area contributed by atoms with Crippen molar-refractivity contribution in [3.63, 3.8) is 0 Å². The van der Waals surface area contributed by atoms with E-state index in [2.05, 4.69) is 97.9 Å². The molecule has 43 heavy (non-hydrogen) atoms. The van der Waals surface area contributed by atoms with E-state index in [1.807, 2.05) is 50.3 Å². The molecule has 2 rings (SSSR count). The van der Waals surface area contributed by atoms with Gasteiger partial charge in [-0.3, -0.25) is 4.79 Å². The number of rotatable bonds is 11. The van der Waals surface area contributed by atoms with Crippen molar-refractivity contribution in [3.05, 3.63) is 119 Å². The average Bonchev–Trinajstić information content (AvgIpc) is 3.10. The highest BCUT2D eigenvalue weighted by atomic mass is 16.3. The fourth-order valence-corrected chi connectivity index (χ4v) is 6.19. The Labute approximate surface area is 262 Å². The number of hydrogen-bond acceptors (Lipinski definition) is 3. The highest BCUT2D eigenvalue weighted by Crippen LogP contribution is 2.53. The topological polar surface area (TPSA) is 57.5 Å². The van der Waals surface area contributed by atoms with Crippen LogP contribution < -0.4 is 0 Å². The van der Waals surface area contributed by atoms with Crippen LogP contribution in [0.15, 0.2) is 119 Å². The first kappa shape index (κ1) is 36.2. The van der Waals surface area contributed by atoms with Crippen molar-refractivity contribution in [2.45, 2.75) is 107 Å². The van der Waals surface area contributed by atoms with Crippen LogP contribution in [0.25, 0.3) is 0 Å². The van der Waals surface area contributed by atoms with Crippen LogP contribution in [-0.2, 0) is 4.79 Å². The summed E-state index contributed by atoms with van der Waals surface area (Å²) in [6.45, 7) is 20.9. The van der Waals surface area contributed by atoms with Gasteiger partial charge in [-0.1, -0.05) is 141 Å². The third-order valence-electron chi connectivity index (χ3n) is 9.18. The molecule has 0 aromatic carbocycles. The number of aliphatic hydroxyl groups is 2. The van der Waals surface area contributed by atoms with E-state index in [0.29, 0.717) is 12.8 Å². The lowest BCUT2D eigenvalue weighted by Gasteiger charge is -2.35. The zero-order valence-electron chi connectivity index (χ0n) is 28.4. The van der Waals surface area contributed by atoms with Gasteiger partial charge in [0.2, 0.25) is 0 Å². The van der Waals surface area contributed by atoms with Gasteiger partial charge < -0.3 is 10.2 Å². The zero-order valence-corrected chi connectivity index (χ0v) is 28.4. The summed E-state index contributed by atoms with van der Waals surface area (Å²) in [6.07, 6.45) is 30.6. The minimum absolute atomic E-state index is 0.00528. The molecule has 0 heterocycles. The molecule has 0 amide bonds. The normalized spacial score (nSPS) is 27.7. The van der Waals surface area contributed by atoms with Crippen LogP contribution in [-0.4, -0.2) is 28.2 Å². The Hall–Kier alpha value is -3.01. The second-order valence-corrected chi connectivity index (χ2v) is 14.2. The monoisotopic (exact) mass is 584 g/mol. The number of hydrogen-bond donors (Lipinski definition) is 2. The molecule has 3 atom stereocenters. The minimum Gasteiger partial charge on any atom is -0.393 e. The van der Waals surface area contributed by atoms with Crippen LogP contribution in [0.1, 0.15) is 94.9 Å². The molecule has 2 aliphatic rings. The van der Waals surface area contributed by atoms with E-state index in [1.54, 1.807) is 6.08 Å². The summed E-state index contributed by atoms with van der Waals surface area (Å²) in [5.74, 6) is 0.0853. The Balaban J connectivity index is 1.89. The van der Waals surface area contributed by atoms with Gasteiger partial charge >= 0.3 is 0 Å². The maximum atomic E-state index is 12.9. The fourth-order valence-electron chi connectivity index (χ4n) is 6.19. The molecular weight excluding hydrogens is 528 g/mol. The average molecular weight is 585 g/mol. The van der Waals surface area contributed by atoms with Crippen molar-refractivity contribution in [1.29, 1.82) is 0 Å². The van der Waals surface area contributed by atoms with Gasteiger partial charge in [-0.2, -0.15) is 0 Å². The Morgan fingerprint density at radius 3 is 1.63 bits per heavy atom. The van der Waals surface area contributed by atoms with Crippen molar-refractivity contribution in [2.24, 2.45) is 16.2 Å². The van der Waals surface area contributed by atoms with Crippen LogP contribution in [0.3, 0.4) is 0 Å². The zero-order chi connectivity index (χ0) is 32.4. The van der Waals surface area contributed by atoms with Crippen molar-refractivity contribution < 1.29 is 15.0 Å². The van der Waals surface area contributed by atoms with E-state index in [1.165, 1.54) is 16.7 Å². The first-order valence-corrected chi connectivity index (χ1v) is 15.7. The lowest BCUT2D eigenvalue weighted by Crippen LogP contribution is -2.36. The molecule has 0 bridgehead atoms. The molecule has 0 radical (unpaired) electrons. The highest BCUT2D eigenvalue weighted by Gasteiger charge is 2.52. The molecule has 0 aromatic heterocycles. The molecule has 2 N–H and O–H groups in total. The molecule has 0 aromatic rings. The van der Waals surface area contributed by atoms with Crippen LogP contribution in [0.2, 0.25) is 0 Å². The number of aliphatic hydroxyl groups excluding tert-OH is 2. The van der Waals surface area contributed by atoms with Gasteiger partial charge in [0.25, 0.3) is 0 Å². The smallest absolute Gasteiger partial charge is 0.162 e. The maximum absolute atomic E-state index is 12.9. The van der Waals surface area contributed by atoms with E-state index in [9.17, 15) is 15.0 Å². The molecule has 0 spiro atoms. The summed E-state index contributed by atoms with van der Waals surface area (Å²) >= 11 is 0. The molecular formula is C40H56O3. The lowest BCUT2D eigenvalue weighted by molar-refractivity contribution is -0.127. The van der Waals surface area contributed by atoms with Crippen molar-refractivity contribution >= 4 is 5.78 Å². The first-order valence-electron chi connectivity index (χ1n) is 15.7. The SMILES string of the molecule is CC1=C(/C=C/C(C)=C/C=C/C(C)=C/C=C/C=C(C)/C=C/C=C(C)/C=C/C(=O)[C@]2(C)C[C@@H](O)CC2(C)C)C(C)(C)CC(O)C1. The molecule has 3 nitrogen and oxygen atoms in total. The third-order valence-corrected chi connectivity index (χ3v) is 9.18. The Morgan fingerprint density at radius 2 is 1.14 bits per heavy atom. The van der Waals surface area contributed by atoms with E-state index < -0.39 is 11.5 Å². The summed E-state index contributed by atoms with van der Waals surface area (Å²) in [6, 6.07) is 0. The van der Waals surface area contributed by atoms with E-state index >= 15 is 0 Å². The molecule has 2 aliphatic carbocycles. The fraction of sp³-hybridized carbons (Fsp3) is 0.475. The maximum Gasteiger partial charge on any atom is 0.162 e. The summed E-state index contributed by atoms with van der Waals surface area (Å²) in [5, 5.41) is 20.2. The van der Waals surface area contributed by atoms with Crippen molar-refractivity contribution in [3.8, 4) is 0 Å². The van der Waals surface area contributed by atoms with Crippen molar-refractivity contribution in [1.82, 2.24) is 0 Å². The first-order chi connectivity index (χ1) is 20.0. The molecule has 0 saturated heterocycles. The van der Waals surface area contributed by atoms with Gasteiger partial charge in [0.1, 0.15) is 0 Å². The Morgan fingerprint density at radius 1 is 0.651 bits per heavy atom. The molecule has 234 valence electrons. The van der Waals surface area contributed by atoms with E-state index in [-0.39, 0.29) is 22.7 Å². The highest BCUT2D eigenvalue weighted by molar-refractivity contribution is 5.95. The molecule has 0 aliphatic heterocycles. The Bertz CT molecular complexity index is 1310. The predicted octanol–water partition coefficient (Wildman–Crippen LogP) is 9.81. The summed E-state index contributed by atoms with van der Waals surface area (Å²) < 4.78 is 0. The van der Waals surface area contributed by atoms with Crippen LogP contribution >= 0.6 is 0 Å². The van der Waals surface area contributed by atoms with Gasteiger partial charge in [-0.25, -0.2) is 0 Å². The van der Waals surface area contributed by atoms with Crippen LogP contribution in [0, 0.1) is 16.2 Å². The van der Waals surface area contributed by atoms with Gasteiger partial charge in [0.15, 0.2) is 5.78 Å². The third kappa shape index (κ3) is 10.9. The van der Waals surface area contributed by atoms with Gasteiger partial charge in [-0.05, 0) is 82.8 Å². The van der Waals surface area contributed by atoms with Crippen LogP contribution in [0.5, 0.6) is 0 Å². The summed E-state index contributed by atoms with van der Waals surface area (Å²) in [5.41, 5.74) is 6.34. The number of carbonyl (C=O) groups is 1. The Kier molecular flexibility index (Phi) is 13.2. The second-order valence-electron chi connectivity index (χ2n) is 14.2. The molecule has 3 heteroatoms. The molecule has 1 unspecified atom stereocenters. The summed E-state index contributed by atoms with van der Waals surface area (Å²) in [7, 11) is 0. The van der Waals surface area contributed by atoms with Gasteiger partial charge in [0.05, 0.1) is 12.2 Å². The number of carbonyl (C=O) groups excluding carboxylic acids is 1. The van der Waals surface area contributed by atoms with Crippen molar-refractivity contribution in [2.75, 3.05) is 0 Å². The van der Waals surface area contributed by atoms with E-state index in [4.69, 9.17) is 0 Å². The minimum atomic E-state index is -0.532.